The fraction of sp³-hybridized carbons (Fsp3) is 0.500. The van der Waals surface area contributed by atoms with Gasteiger partial charge in [0.1, 0.15) is 5.75 Å². The van der Waals surface area contributed by atoms with Gasteiger partial charge in [-0.25, -0.2) is 0 Å². The average molecular weight is 233 g/mol. The van der Waals surface area contributed by atoms with Crippen molar-refractivity contribution in [2.24, 2.45) is 0 Å². The quantitative estimate of drug-likeness (QED) is 0.803. The molecule has 1 aliphatic heterocycles. The number of nitrogens with zero attached hydrogens (tertiary/aromatic N) is 1. The molecule has 1 aromatic rings. The molecule has 1 saturated heterocycles. The first kappa shape index (κ1) is 12.0. The Morgan fingerprint density at radius 2 is 2.06 bits per heavy atom. The second-order valence-corrected chi connectivity index (χ2v) is 5.01. The number of para-hydroxylation sites is 2. The number of hydrogen-bond acceptors (Lipinski definition) is 3. The first-order chi connectivity index (χ1) is 8.04. The molecule has 92 valence electrons. The highest BCUT2D eigenvalue weighted by atomic mass is 16.5. The molecule has 0 radical (unpaired) electrons. The van der Waals surface area contributed by atoms with Crippen LogP contribution in [0.4, 0.5) is 5.69 Å². The maximum absolute atomic E-state index is 11.6. The Bertz CT molecular complexity index is 426. The smallest absolute Gasteiger partial charge is 0.154 e. The number of rotatable bonds is 3. The van der Waals surface area contributed by atoms with Gasteiger partial charge >= 0.3 is 0 Å². The third kappa shape index (κ3) is 2.28. The van der Waals surface area contributed by atoms with E-state index in [9.17, 15) is 4.79 Å². The fourth-order valence-electron chi connectivity index (χ4n) is 2.39. The van der Waals surface area contributed by atoms with Crippen molar-refractivity contribution in [2.75, 3.05) is 18.1 Å². The van der Waals surface area contributed by atoms with Gasteiger partial charge in [0, 0.05) is 12.0 Å². The summed E-state index contributed by atoms with van der Waals surface area (Å²) in [5, 5.41) is 0. The third-order valence-electron chi connectivity index (χ3n) is 3.15. The van der Waals surface area contributed by atoms with E-state index in [1.165, 1.54) is 0 Å². The van der Waals surface area contributed by atoms with Crippen LogP contribution in [0, 0.1) is 0 Å². The highest BCUT2D eigenvalue weighted by molar-refractivity contribution is 5.89. The van der Waals surface area contributed by atoms with Crippen molar-refractivity contribution in [3.8, 4) is 5.75 Å². The number of benzene rings is 1. The molecule has 0 saturated carbocycles. The molecule has 1 heterocycles. The maximum atomic E-state index is 11.6. The molecule has 0 aliphatic carbocycles. The zero-order chi connectivity index (χ0) is 12.5. The van der Waals surface area contributed by atoms with Gasteiger partial charge < -0.3 is 9.64 Å². The molecular weight excluding hydrogens is 214 g/mol. The molecule has 1 fully saturated rings. The lowest BCUT2D eigenvalue weighted by Gasteiger charge is -2.33. The van der Waals surface area contributed by atoms with Crippen LogP contribution in [0.5, 0.6) is 5.75 Å². The SMILES string of the molecule is CCOc1ccccc1N1CC(=O)CC1(C)C. The van der Waals surface area contributed by atoms with E-state index >= 15 is 0 Å². The summed E-state index contributed by atoms with van der Waals surface area (Å²) in [6, 6.07) is 7.92. The molecule has 0 bridgehead atoms. The molecular formula is C14H19NO2. The second-order valence-electron chi connectivity index (χ2n) is 5.01. The summed E-state index contributed by atoms with van der Waals surface area (Å²) in [5.41, 5.74) is 0.898. The Hall–Kier alpha value is -1.51. The van der Waals surface area contributed by atoms with Crippen LogP contribution >= 0.6 is 0 Å². The molecule has 1 aliphatic rings. The van der Waals surface area contributed by atoms with Crippen LogP contribution in [0.15, 0.2) is 24.3 Å². The normalized spacial score (nSPS) is 18.5. The number of hydrogen-bond donors (Lipinski definition) is 0. The van der Waals surface area contributed by atoms with Crippen LogP contribution in [0.2, 0.25) is 0 Å². The first-order valence-electron chi connectivity index (χ1n) is 6.06. The lowest BCUT2D eigenvalue weighted by atomic mass is 10.0. The van der Waals surface area contributed by atoms with E-state index in [1.54, 1.807) is 0 Å². The molecule has 0 aromatic heterocycles. The van der Waals surface area contributed by atoms with Gasteiger partial charge in [-0.1, -0.05) is 12.1 Å². The summed E-state index contributed by atoms with van der Waals surface area (Å²) >= 11 is 0. The lowest BCUT2D eigenvalue weighted by molar-refractivity contribution is -0.116. The molecule has 0 N–H and O–H groups in total. The van der Waals surface area contributed by atoms with Crippen molar-refractivity contribution in [3.63, 3.8) is 0 Å². The third-order valence-corrected chi connectivity index (χ3v) is 3.15. The lowest BCUT2D eigenvalue weighted by Crippen LogP contribution is -2.38. The van der Waals surface area contributed by atoms with Crippen LogP contribution in [-0.4, -0.2) is 24.5 Å². The van der Waals surface area contributed by atoms with Crippen molar-refractivity contribution < 1.29 is 9.53 Å². The summed E-state index contributed by atoms with van der Waals surface area (Å²) in [6.07, 6.45) is 0.605. The van der Waals surface area contributed by atoms with Gasteiger partial charge in [0.25, 0.3) is 0 Å². The molecule has 0 unspecified atom stereocenters. The minimum absolute atomic E-state index is 0.121. The predicted molar refractivity (Wildman–Crippen MR) is 68.7 cm³/mol. The predicted octanol–water partition coefficient (Wildman–Crippen LogP) is 2.64. The van der Waals surface area contributed by atoms with E-state index in [2.05, 4.69) is 18.7 Å². The zero-order valence-electron chi connectivity index (χ0n) is 10.7. The number of carbonyl (C=O) groups is 1. The van der Waals surface area contributed by atoms with Gasteiger partial charge in [-0.3, -0.25) is 4.79 Å². The number of carbonyl (C=O) groups excluding carboxylic acids is 1. The molecule has 0 spiro atoms. The first-order valence-corrected chi connectivity index (χ1v) is 6.06. The zero-order valence-corrected chi connectivity index (χ0v) is 10.7. The molecule has 3 nitrogen and oxygen atoms in total. The van der Waals surface area contributed by atoms with Crippen LogP contribution in [0.3, 0.4) is 0 Å². The maximum Gasteiger partial charge on any atom is 0.154 e. The summed E-state index contributed by atoms with van der Waals surface area (Å²) in [5.74, 6) is 1.15. The topological polar surface area (TPSA) is 29.5 Å². The molecule has 2 rings (SSSR count). The van der Waals surface area contributed by atoms with Crippen molar-refractivity contribution >= 4 is 11.5 Å². The Kier molecular flexibility index (Phi) is 3.09. The number of ketones is 1. The monoisotopic (exact) mass is 233 g/mol. The van der Waals surface area contributed by atoms with E-state index < -0.39 is 0 Å². The van der Waals surface area contributed by atoms with Crippen molar-refractivity contribution in [2.45, 2.75) is 32.7 Å². The molecule has 3 heteroatoms. The van der Waals surface area contributed by atoms with Crippen LogP contribution in [0.25, 0.3) is 0 Å². The Morgan fingerprint density at radius 3 is 2.65 bits per heavy atom. The Balaban J connectivity index is 2.36. The largest absolute Gasteiger partial charge is 0.492 e. The van der Waals surface area contributed by atoms with Crippen LogP contribution in [0.1, 0.15) is 27.2 Å². The number of anilines is 1. The van der Waals surface area contributed by atoms with Gasteiger partial charge in [0.2, 0.25) is 0 Å². The van der Waals surface area contributed by atoms with Gasteiger partial charge in [-0.2, -0.15) is 0 Å². The standard InChI is InChI=1S/C14H19NO2/c1-4-17-13-8-6-5-7-12(13)15-10-11(16)9-14(15,2)3/h5-8H,4,9-10H2,1-3H3. The molecule has 0 amide bonds. The minimum Gasteiger partial charge on any atom is -0.492 e. The summed E-state index contributed by atoms with van der Waals surface area (Å²) < 4.78 is 5.63. The van der Waals surface area contributed by atoms with E-state index in [0.29, 0.717) is 25.4 Å². The minimum atomic E-state index is -0.121. The van der Waals surface area contributed by atoms with Crippen LogP contribution in [-0.2, 0) is 4.79 Å². The van der Waals surface area contributed by atoms with E-state index in [0.717, 1.165) is 11.4 Å². The van der Waals surface area contributed by atoms with E-state index in [4.69, 9.17) is 4.74 Å². The highest BCUT2D eigenvalue weighted by Crippen LogP contribution is 2.37. The van der Waals surface area contributed by atoms with Gasteiger partial charge in [0.05, 0.1) is 18.8 Å². The summed E-state index contributed by atoms with van der Waals surface area (Å²) in [6.45, 7) is 7.29. The average Bonchev–Trinajstić information content (AvgIpc) is 2.53. The Labute approximate surface area is 102 Å². The Morgan fingerprint density at radius 1 is 1.35 bits per heavy atom. The summed E-state index contributed by atoms with van der Waals surface area (Å²) in [4.78, 5) is 13.8. The van der Waals surface area contributed by atoms with Crippen molar-refractivity contribution in [1.82, 2.24) is 0 Å². The second kappa shape index (κ2) is 4.40. The van der Waals surface area contributed by atoms with Crippen molar-refractivity contribution in [1.29, 1.82) is 0 Å². The fourth-order valence-corrected chi connectivity index (χ4v) is 2.39. The number of ether oxygens (including phenoxy) is 1. The van der Waals surface area contributed by atoms with Gasteiger partial charge in [-0.05, 0) is 32.9 Å². The molecule has 0 atom stereocenters. The van der Waals surface area contributed by atoms with Crippen molar-refractivity contribution in [3.05, 3.63) is 24.3 Å². The van der Waals surface area contributed by atoms with E-state index in [1.807, 2.05) is 31.2 Å². The molecule has 1 aromatic carbocycles. The van der Waals surface area contributed by atoms with E-state index in [-0.39, 0.29) is 5.54 Å². The van der Waals surface area contributed by atoms with Gasteiger partial charge in [0.15, 0.2) is 5.78 Å². The number of Topliss-reactive ketones (excluding diaryl/α,β-unsaturated/α-hetero) is 1. The highest BCUT2D eigenvalue weighted by Gasteiger charge is 2.38. The van der Waals surface area contributed by atoms with Gasteiger partial charge in [-0.15, -0.1) is 0 Å². The van der Waals surface area contributed by atoms with Crippen LogP contribution < -0.4 is 9.64 Å². The molecule has 17 heavy (non-hydrogen) atoms. The summed E-state index contributed by atoms with van der Waals surface area (Å²) in [7, 11) is 0.